The molecule has 0 aromatic heterocycles. The highest BCUT2D eigenvalue weighted by Crippen LogP contribution is 2.45. The van der Waals surface area contributed by atoms with Crippen LogP contribution in [0.3, 0.4) is 0 Å². The second-order valence-corrected chi connectivity index (χ2v) is 29.3. The fourth-order valence-corrected chi connectivity index (χ4v) is 11.9. The molecule has 522 valence electrons. The summed E-state index contributed by atoms with van der Waals surface area (Å²) in [5, 5.41) is 10.6. The van der Waals surface area contributed by atoms with Crippen molar-refractivity contribution in [3.63, 3.8) is 0 Å². The second kappa shape index (κ2) is 60.0. The van der Waals surface area contributed by atoms with Crippen molar-refractivity contribution in [2.45, 2.75) is 362 Å². The van der Waals surface area contributed by atoms with Crippen LogP contribution < -0.4 is 0 Å². The third-order valence-electron chi connectivity index (χ3n) is 15.9. The molecule has 0 bridgehead atoms. The molecule has 3 N–H and O–H groups in total. The van der Waals surface area contributed by atoms with Crippen molar-refractivity contribution in [1.82, 2.24) is 0 Å². The molecule has 0 aliphatic heterocycles. The number of unbranched alkanes of at least 4 members (excludes halogenated alkanes) is 35. The first-order chi connectivity index (χ1) is 42.2. The zero-order chi connectivity index (χ0) is 65.2. The number of carbonyl (C=O) groups is 4. The summed E-state index contributed by atoms with van der Waals surface area (Å²) in [6.07, 6.45) is 43.1. The quantitative estimate of drug-likeness (QED) is 0.0222. The number of esters is 4. The van der Waals surface area contributed by atoms with E-state index >= 15 is 0 Å². The monoisotopic (exact) mass is 1300 g/mol. The van der Waals surface area contributed by atoms with Crippen molar-refractivity contribution in [3.8, 4) is 0 Å². The fourth-order valence-electron chi connectivity index (χ4n) is 10.4. The van der Waals surface area contributed by atoms with Gasteiger partial charge in [0.25, 0.3) is 0 Å². The highest BCUT2D eigenvalue weighted by atomic mass is 31.2. The van der Waals surface area contributed by atoms with Crippen molar-refractivity contribution in [3.05, 3.63) is 0 Å². The summed E-state index contributed by atoms with van der Waals surface area (Å²) in [5.74, 6) is 0.0710. The van der Waals surface area contributed by atoms with Crippen LogP contribution in [0.1, 0.15) is 344 Å². The van der Waals surface area contributed by atoms with Crippen molar-refractivity contribution >= 4 is 39.5 Å². The first-order valence-electron chi connectivity index (χ1n) is 35.8. The minimum absolute atomic E-state index is 0.103. The van der Waals surface area contributed by atoms with Gasteiger partial charge in [-0.2, -0.15) is 0 Å². The van der Waals surface area contributed by atoms with Crippen molar-refractivity contribution in [2.75, 3.05) is 39.6 Å². The SMILES string of the molecule is CCCCCCCCCCCCCCC(=O)OC[C@H](COP(=O)(O)OC[C@@H](O)COP(=O)(O)OC[C@@H](COC(=O)CCCCCCCCCC(C)C)OC(=O)CCCCCCCCCCC(C)C)OC(=O)CCCCCCCCCCCCCCC(C)C. The van der Waals surface area contributed by atoms with Gasteiger partial charge in [0.15, 0.2) is 12.2 Å². The van der Waals surface area contributed by atoms with Gasteiger partial charge < -0.3 is 33.8 Å². The van der Waals surface area contributed by atoms with E-state index in [1.807, 2.05) is 0 Å². The third kappa shape index (κ3) is 62.8. The molecule has 0 rings (SSSR count). The lowest BCUT2D eigenvalue weighted by Crippen LogP contribution is -2.30. The van der Waals surface area contributed by atoms with Gasteiger partial charge in [0.2, 0.25) is 0 Å². The maximum Gasteiger partial charge on any atom is 0.472 e. The molecule has 0 aliphatic carbocycles. The number of ether oxygens (including phenoxy) is 4. The lowest BCUT2D eigenvalue weighted by molar-refractivity contribution is -0.161. The van der Waals surface area contributed by atoms with E-state index in [1.54, 1.807) is 0 Å². The van der Waals surface area contributed by atoms with Crippen LogP contribution in [0.2, 0.25) is 0 Å². The largest absolute Gasteiger partial charge is 0.472 e. The van der Waals surface area contributed by atoms with E-state index in [2.05, 4.69) is 48.5 Å². The van der Waals surface area contributed by atoms with E-state index < -0.39 is 97.5 Å². The molecule has 0 saturated carbocycles. The Balaban J connectivity index is 5.25. The first kappa shape index (κ1) is 86.1. The maximum absolute atomic E-state index is 13.0. The van der Waals surface area contributed by atoms with Crippen molar-refractivity contribution in [1.29, 1.82) is 0 Å². The molecule has 0 amide bonds. The highest BCUT2D eigenvalue weighted by molar-refractivity contribution is 7.47. The number of hydrogen-bond acceptors (Lipinski definition) is 15. The zero-order valence-electron chi connectivity index (χ0n) is 57.2. The molecule has 0 spiro atoms. The molecule has 0 fully saturated rings. The molecular formula is C69H134O17P2. The summed E-state index contributed by atoms with van der Waals surface area (Å²) >= 11 is 0. The van der Waals surface area contributed by atoms with E-state index in [0.29, 0.717) is 31.6 Å². The van der Waals surface area contributed by atoms with E-state index in [0.717, 1.165) is 108 Å². The number of aliphatic hydroxyl groups excluding tert-OH is 1. The normalized spacial score (nSPS) is 14.2. The molecular weight excluding hydrogens is 1160 g/mol. The molecule has 0 radical (unpaired) electrons. The van der Waals surface area contributed by atoms with Crippen LogP contribution >= 0.6 is 15.6 Å². The predicted octanol–water partition coefficient (Wildman–Crippen LogP) is 19.5. The summed E-state index contributed by atoms with van der Waals surface area (Å²) < 4.78 is 68.2. The zero-order valence-corrected chi connectivity index (χ0v) is 59.0. The van der Waals surface area contributed by atoms with Crippen LogP contribution in [0, 0.1) is 17.8 Å². The standard InChI is InChI=1S/C69H134O17P2/c1-8-9-10-11-12-13-14-18-21-29-36-43-50-66(71)79-56-64(85-68(73)52-45-38-30-22-19-16-15-17-20-26-33-40-47-60(2)3)58-83-87(75,76)81-54-63(70)55-82-88(77,78)84-59-65(57-80-67(72)51-44-37-32-25-28-35-42-49-62(6)7)86-69(74)53-46-39-31-24-23-27-34-41-48-61(4)5/h60-65,70H,8-59H2,1-7H3,(H,75,76)(H,77,78)/t63-,64-,65-/m1/s1. The van der Waals surface area contributed by atoms with E-state index in [4.69, 9.17) is 37.0 Å². The molecule has 5 atom stereocenters. The van der Waals surface area contributed by atoms with Gasteiger partial charge >= 0.3 is 39.5 Å². The van der Waals surface area contributed by atoms with Crippen LogP contribution in [0.15, 0.2) is 0 Å². The Labute approximate surface area is 537 Å². The number of rotatable bonds is 67. The fraction of sp³-hybridized carbons (Fsp3) is 0.942. The molecule has 2 unspecified atom stereocenters. The summed E-state index contributed by atoms with van der Waals surface area (Å²) in [6, 6.07) is 0. The molecule has 0 saturated heterocycles. The first-order valence-corrected chi connectivity index (χ1v) is 38.8. The van der Waals surface area contributed by atoms with Gasteiger partial charge in [0.05, 0.1) is 26.4 Å². The Bertz CT molecular complexity index is 1730. The molecule has 19 heteroatoms. The van der Waals surface area contributed by atoms with E-state index in [9.17, 15) is 43.2 Å². The Kier molecular flexibility index (Phi) is 58.7. The molecule has 17 nitrogen and oxygen atoms in total. The summed E-state index contributed by atoms with van der Waals surface area (Å²) in [4.78, 5) is 72.5. The summed E-state index contributed by atoms with van der Waals surface area (Å²) in [7, 11) is -9.90. The van der Waals surface area contributed by atoms with Gasteiger partial charge in [-0.3, -0.25) is 37.3 Å². The van der Waals surface area contributed by atoms with Crippen LogP contribution in [0.5, 0.6) is 0 Å². The lowest BCUT2D eigenvalue weighted by Gasteiger charge is -2.21. The predicted molar refractivity (Wildman–Crippen MR) is 354 cm³/mol. The molecule has 88 heavy (non-hydrogen) atoms. The number of aliphatic hydroxyl groups is 1. The van der Waals surface area contributed by atoms with Gasteiger partial charge in [0.1, 0.15) is 19.3 Å². The number of phosphoric acid groups is 2. The van der Waals surface area contributed by atoms with E-state index in [-0.39, 0.29) is 25.7 Å². The van der Waals surface area contributed by atoms with Crippen LogP contribution in [-0.2, 0) is 65.4 Å². The van der Waals surface area contributed by atoms with Gasteiger partial charge in [0, 0.05) is 25.7 Å². The Morgan fingerprint density at radius 1 is 0.307 bits per heavy atom. The van der Waals surface area contributed by atoms with Crippen LogP contribution in [-0.4, -0.2) is 96.7 Å². The van der Waals surface area contributed by atoms with E-state index in [1.165, 1.54) is 148 Å². The van der Waals surface area contributed by atoms with Gasteiger partial charge in [-0.25, -0.2) is 9.13 Å². The molecule has 0 heterocycles. The molecule has 0 aromatic carbocycles. The van der Waals surface area contributed by atoms with Gasteiger partial charge in [-0.05, 0) is 43.4 Å². The highest BCUT2D eigenvalue weighted by Gasteiger charge is 2.30. The van der Waals surface area contributed by atoms with Gasteiger partial charge in [-0.1, -0.05) is 292 Å². The molecule has 0 aliphatic rings. The minimum atomic E-state index is -4.95. The topological polar surface area (TPSA) is 237 Å². The Morgan fingerprint density at radius 2 is 0.523 bits per heavy atom. The Hall–Kier alpha value is -1.94. The van der Waals surface area contributed by atoms with Crippen LogP contribution in [0.25, 0.3) is 0 Å². The second-order valence-electron chi connectivity index (χ2n) is 26.3. The summed E-state index contributed by atoms with van der Waals surface area (Å²) in [6.45, 7) is 11.8. The van der Waals surface area contributed by atoms with Crippen LogP contribution in [0.4, 0.5) is 0 Å². The number of carbonyl (C=O) groups excluding carboxylic acids is 4. The smallest absolute Gasteiger partial charge is 0.462 e. The average Bonchev–Trinajstić information content (AvgIpc) is 3.68. The van der Waals surface area contributed by atoms with Crippen molar-refractivity contribution in [2.24, 2.45) is 17.8 Å². The third-order valence-corrected chi connectivity index (χ3v) is 17.8. The average molecular weight is 1300 g/mol. The summed E-state index contributed by atoms with van der Waals surface area (Å²) in [5.41, 5.74) is 0. The minimum Gasteiger partial charge on any atom is -0.462 e. The maximum atomic E-state index is 13.0. The van der Waals surface area contributed by atoms with Gasteiger partial charge in [-0.15, -0.1) is 0 Å². The van der Waals surface area contributed by atoms with Crippen molar-refractivity contribution < 1.29 is 80.2 Å². The Morgan fingerprint density at radius 3 is 0.773 bits per heavy atom. The molecule has 0 aromatic rings. The lowest BCUT2D eigenvalue weighted by atomic mass is 10.0. The number of hydrogen-bond donors (Lipinski definition) is 3. The number of phosphoric ester groups is 2.